The largest absolute Gasteiger partial charge is 0.317 e. The molecule has 1 N–H and O–H groups in total. The highest BCUT2D eigenvalue weighted by Crippen LogP contribution is 2.26. The summed E-state index contributed by atoms with van der Waals surface area (Å²) in [5.41, 5.74) is 1.39. The molecule has 0 bridgehead atoms. The van der Waals surface area contributed by atoms with Gasteiger partial charge in [0, 0.05) is 12.1 Å². The van der Waals surface area contributed by atoms with Crippen LogP contribution in [0.4, 0.5) is 5.69 Å². The van der Waals surface area contributed by atoms with Crippen molar-refractivity contribution in [2.24, 2.45) is 0 Å². The zero-order chi connectivity index (χ0) is 16.9. The quantitative estimate of drug-likeness (QED) is 0.299. The van der Waals surface area contributed by atoms with Crippen molar-refractivity contribution in [3.63, 3.8) is 0 Å². The summed E-state index contributed by atoms with van der Waals surface area (Å²) in [6, 6.07) is 7.06. The molecule has 0 aromatic heterocycles. The Morgan fingerprint density at radius 1 is 1.00 bits per heavy atom. The number of hydrogen-bond acceptors (Lipinski definition) is 3. The van der Waals surface area contributed by atoms with E-state index in [9.17, 15) is 10.1 Å². The summed E-state index contributed by atoms with van der Waals surface area (Å²) in [6.07, 6.45) is 10.00. The molecule has 1 atom stereocenters. The molecule has 0 aliphatic rings. The van der Waals surface area contributed by atoms with Crippen molar-refractivity contribution in [3.8, 4) is 0 Å². The SMILES string of the molecule is CCCCCCCNCCCC(CC)c1ccc([N+](=O)[O-])cc1. The van der Waals surface area contributed by atoms with Gasteiger partial charge in [-0.2, -0.15) is 0 Å². The number of rotatable bonds is 13. The van der Waals surface area contributed by atoms with E-state index < -0.39 is 0 Å². The number of hydrogen-bond donors (Lipinski definition) is 1. The van der Waals surface area contributed by atoms with Crippen LogP contribution in [0.5, 0.6) is 0 Å². The highest BCUT2D eigenvalue weighted by molar-refractivity contribution is 5.34. The maximum Gasteiger partial charge on any atom is 0.269 e. The first-order valence-corrected chi connectivity index (χ1v) is 9.14. The normalized spacial score (nSPS) is 12.3. The summed E-state index contributed by atoms with van der Waals surface area (Å²) in [4.78, 5) is 10.4. The van der Waals surface area contributed by atoms with Gasteiger partial charge in [-0.1, -0.05) is 51.7 Å². The van der Waals surface area contributed by atoms with Gasteiger partial charge in [-0.3, -0.25) is 10.1 Å². The molecule has 4 nitrogen and oxygen atoms in total. The van der Waals surface area contributed by atoms with Crippen molar-refractivity contribution < 1.29 is 4.92 Å². The van der Waals surface area contributed by atoms with Crippen LogP contribution in [0.1, 0.15) is 76.7 Å². The highest BCUT2D eigenvalue weighted by Gasteiger charge is 2.11. The predicted octanol–water partition coefficient (Wildman–Crippen LogP) is 5.43. The molecular formula is C19H32N2O2. The summed E-state index contributed by atoms with van der Waals surface area (Å²) >= 11 is 0. The molecule has 0 saturated heterocycles. The first kappa shape index (κ1) is 19.6. The van der Waals surface area contributed by atoms with Gasteiger partial charge >= 0.3 is 0 Å². The van der Waals surface area contributed by atoms with Gasteiger partial charge in [0.2, 0.25) is 0 Å². The molecule has 1 aromatic rings. The molecule has 0 radical (unpaired) electrons. The van der Waals surface area contributed by atoms with Gasteiger partial charge in [0.15, 0.2) is 0 Å². The van der Waals surface area contributed by atoms with Crippen molar-refractivity contribution in [3.05, 3.63) is 39.9 Å². The molecule has 0 aliphatic heterocycles. The van der Waals surface area contributed by atoms with Crippen molar-refractivity contribution >= 4 is 5.69 Å². The van der Waals surface area contributed by atoms with Crippen LogP contribution in [0.3, 0.4) is 0 Å². The maximum absolute atomic E-state index is 10.7. The topological polar surface area (TPSA) is 55.2 Å². The summed E-state index contributed by atoms with van der Waals surface area (Å²) in [7, 11) is 0. The molecule has 0 aliphatic carbocycles. The van der Waals surface area contributed by atoms with E-state index in [1.165, 1.54) is 37.7 Å². The van der Waals surface area contributed by atoms with Crippen molar-refractivity contribution in [1.29, 1.82) is 0 Å². The Hall–Kier alpha value is -1.42. The molecule has 0 spiro atoms. The molecular weight excluding hydrogens is 288 g/mol. The number of nitrogens with zero attached hydrogens (tertiary/aromatic N) is 1. The van der Waals surface area contributed by atoms with E-state index in [1.54, 1.807) is 12.1 Å². The van der Waals surface area contributed by atoms with Gasteiger partial charge in [-0.25, -0.2) is 0 Å². The summed E-state index contributed by atoms with van der Waals surface area (Å²) in [5, 5.41) is 14.2. The molecule has 1 rings (SSSR count). The van der Waals surface area contributed by atoms with E-state index in [2.05, 4.69) is 19.2 Å². The minimum Gasteiger partial charge on any atom is -0.317 e. The number of non-ortho nitro benzene ring substituents is 1. The standard InChI is InChI=1S/C19H32N2O2/c1-3-5-6-7-8-15-20-16-9-10-17(4-2)18-11-13-19(14-12-18)21(22)23/h11-14,17,20H,3-10,15-16H2,1-2H3. The number of benzene rings is 1. The first-order valence-electron chi connectivity index (χ1n) is 9.14. The van der Waals surface area contributed by atoms with E-state index >= 15 is 0 Å². The molecule has 0 saturated carbocycles. The molecule has 0 heterocycles. The first-order chi connectivity index (χ1) is 11.2. The third-order valence-corrected chi connectivity index (χ3v) is 4.43. The van der Waals surface area contributed by atoms with Crippen LogP contribution in [0.2, 0.25) is 0 Å². The zero-order valence-corrected chi connectivity index (χ0v) is 14.7. The maximum atomic E-state index is 10.7. The Bertz CT molecular complexity index is 432. The molecule has 4 heteroatoms. The van der Waals surface area contributed by atoms with Crippen molar-refractivity contribution in [1.82, 2.24) is 5.32 Å². The van der Waals surface area contributed by atoms with Crippen molar-refractivity contribution in [2.45, 2.75) is 71.1 Å². The average molecular weight is 320 g/mol. The summed E-state index contributed by atoms with van der Waals surface area (Å²) in [6.45, 7) is 6.62. The fourth-order valence-corrected chi connectivity index (χ4v) is 2.93. The van der Waals surface area contributed by atoms with Crippen LogP contribution in [-0.2, 0) is 0 Å². The Labute approximate surface area is 140 Å². The second kappa shape index (κ2) is 12.1. The lowest BCUT2D eigenvalue weighted by Gasteiger charge is -2.15. The second-order valence-corrected chi connectivity index (χ2v) is 6.26. The molecule has 23 heavy (non-hydrogen) atoms. The average Bonchev–Trinajstić information content (AvgIpc) is 2.57. The molecule has 1 aromatic carbocycles. The minimum atomic E-state index is -0.338. The lowest BCUT2D eigenvalue weighted by Crippen LogP contribution is -2.17. The summed E-state index contributed by atoms with van der Waals surface area (Å²) in [5.74, 6) is 0.502. The summed E-state index contributed by atoms with van der Waals surface area (Å²) < 4.78 is 0. The van der Waals surface area contributed by atoms with Gasteiger partial charge in [0.25, 0.3) is 5.69 Å². The van der Waals surface area contributed by atoms with Crippen LogP contribution in [0.25, 0.3) is 0 Å². The van der Waals surface area contributed by atoms with E-state index in [4.69, 9.17) is 0 Å². The number of unbranched alkanes of at least 4 members (excludes halogenated alkanes) is 4. The molecule has 130 valence electrons. The van der Waals surface area contributed by atoms with E-state index in [1.807, 2.05) is 12.1 Å². The van der Waals surface area contributed by atoms with Crippen LogP contribution in [-0.4, -0.2) is 18.0 Å². The van der Waals surface area contributed by atoms with Gasteiger partial charge in [-0.05, 0) is 50.3 Å². The molecule has 0 fully saturated rings. The van der Waals surface area contributed by atoms with Crippen LogP contribution in [0.15, 0.2) is 24.3 Å². The fraction of sp³-hybridized carbons (Fsp3) is 0.684. The third-order valence-electron chi connectivity index (χ3n) is 4.43. The predicted molar refractivity (Wildman–Crippen MR) is 97.0 cm³/mol. The lowest BCUT2D eigenvalue weighted by molar-refractivity contribution is -0.384. The number of nitro groups is 1. The Kier molecular flexibility index (Phi) is 10.3. The van der Waals surface area contributed by atoms with E-state index in [0.717, 1.165) is 32.4 Å². The Morgan fingerprint density at radius 2 is 1.65 bits per heavy atom. The minimum absolute atomic E-state index is 0.174. The van der Waals surface area contributed by atoms with Crippen molar-refractivity contribution in [2.75, 3.05) is 13.1 Å². The molecule has 1 unspecified atom stereocenters. The van der Waals surface area contributed by atoms with Crippen LogP contribution < -0.4 is 5.32 Å². The van der Waals surface area contributed by atoms with Gasteiger partial charge in [0.1, 0.15) is 0 Å². The lowest BCUT2D eigenvalue weighted by atomic mass is 9.92. The highest BCUT2D eigenvalue weighted by atomic mass is 16.6. The van der Waals surface area contributed by atoms with E-state index in [0.29, 0.717) is 5.92 Å². The second-order valence-electron chi connectivity index (χ2n) is 6.26. The number of nitrogens with one attached hydrogen (secondary N) is 1. The van der Waals surface area contributed by atoms with Crippen LogP contribution >= 0.6 is 0 Å². The fourth-order valence-electron chi connectivity index (χ4n) is 2.93. The molecule has 0 amide bonds. The van der Waals surface area contributed by atoms with Gasteiger partial charge in [-0.15, -0.1) is 0 Å². The Morgan fingerprint density at radius 3 is 2.26 bits per heavy atom. The van der Waals surface area contributed by atoms with Gasteiger partial charge in [0.05, 0.1) is 4.92 Å². The number of nitro benzene ring substituents is 1. The Balaban J connectivity index is 2.20. The monoisotopic (exact) mass is 320 g/mol. The van der Waals surface area contributed by atoms with E-state index in [-0.39, 0.29) is 10.6 Å². The van der Waals surface area contributed by atoms with Crippen LogP contribution in [0, 0.1) is 10.1 Å². The third kappa shape index (κ3) is 8.12. The smallest absolute Gasteiger partial charge is 0.269 e. The zero-order valence-electron chi connectivity index (χ0n) is 14.7. The van der Waals surface area contributed by atoms with Gasteiger partial charge < -0.3 is 5.32 Å².